The van der Waals surface area contributed by atoms with Crippen LogP contribution in [0, 0.1) is 5.41 Å². The van der Waals surface area contributed by atoms with Crippen LogP contribution in [0.5, 0.6) is 0 Å². The average Bonchev–Trinajstić information content (AvgIpc) is 3.16. The number of carbonyl (C=O) groups excluding carboxylic acids is 1. The molecule has 0 aliphatic heterocycles. The number of hydrogen-bond acceptors (Lipinski definition) is 2. The molecule has 2 rings (SSSR count). The van der Waals surface area contributed by atoms with Crippen molar-refractivity contribution in [3.63, 3.8) is 0 Å². The summed E-state index contributed by atoms with van der Waals surface area (Å²) in [5.41, 5.74) is 6.42. The molecular weight excluding hydrogens is 248 g/mol. The Morgan fingerprint density at radius 3 is 2.78 bits per heavy atom. The second-order valence-electron chi connectivity index (χ2n) is 4.97. The van der Waals surface area contributed by atoms with Crippen molar-refractivity contribution >= 4 is 17.5 Å². The van der Waals surface area contributed by atoms with E-state index < -0.39 is 0 Å². The Morgan fingerprint density at radius 2 is 2.28 bits per heavy atom. The van der Waals surface area contributed by atoms with Crippen molar-refractivity contribution in [1.82, 2.24) is 5.32 Å². The van der Waals surface area contributed by atoms with Crippen molar-refractivity contribution in [1.29, 1.82) is 0 Å². The van der Waals surface area contributed by atoms with E-state index in [1.54, 1.807) is 0 Å². The van der Waals surface area contributed by atoms with E-state index in [4.69, 9.17) is 17.3 Å². The lowest BCUT2D eigenvalue weighted by molar-refractivity contribution is -0.126. The molecule has 1 aliphatic rings. The molecule has 0 bridgehead atoms. The number of nitrogens with two attached hydrogens (primary N) is 1. The summed E-state index contributed by atoms with van der Waals surface area (Å²) in [6.07, 6.45) is 2.65. The van der Waals surface area contributed by atoms with Crippen LogP contribution < -0.4 is 11.1 Å². The molecule has 1 aromatic rings. The first-order chi connectivity index (χ1) is 8.61. The van der Waals surface area contributed by atoms with Crippen LogP contribution in [0.1, 0.15) is 37.8 Å². The fourth-order valence-corrected chi connectivity index (χ4v) is 2.33. The Bertz CT molecular complexity index is 443. The van der Waals surface area contributed by atoms with Crippen molar-refractivity contribution in [3.05, 3.63) is 34.9 Å². The molecule has 1 saturated carbocycles. The molecule has 1 atom stereocenters. The van der Waals surface area contributed by atoms with Crippen LogP contribution in [-0.4, -0.2) is 12.5 Å². The quantitative estimate of drug-likeness (QED) is 0.861. The van der Waals surface area contributed by atoms with Gasteiger partial charge in [-0.15, -0.1) is 0 Å². The Morgan fingerprint density at radius 1 is 1.56 bits per heavy atom. The van der Waals surface area contributed by atoms with E-state index in [-0.39, 0.29) is 17.4 Å². The highest BCUT2D eigenvalue weighted by molar-refractivity contribution is 6.30. The van der Waals surface area contributed by atoms with E-state index in [2.05, 4.69) is 5.32 Å². The summed E-state index contributed by atoms with van der Waals surface area (Å²) in [6.45, 7) is 2.48. The van der Waals surface area contributed by atoms with Crippen LogP contribution in [0.3, 0.4) is 0 Å². The number of carbonyl (C=O) groups is 1. The third-order valence-corrected chi connectivity index (χ3v) is 3.93. The first-order valence-corrected chi connectivity index (χ1v) is 6.75. The smallest absolute Gasteiger partial charge is 0.227 e. The van der Waals surface area contributed by atoms with E-state index in [1.165, 1.54) is 0 Å². The van der Waals surface area contributed by atoms with E-state index >= 15 is 0 Å². The minimum absolute atomic E-state index is 0.0141. The molecule has 1 aromatic carbocycles. The van der Waals surface area contributed by atoms with Crippen LogP contribution in [-0.2, 0) is 4.79 Å². The lowest BCUT2D eigenvalue weighted by Gasteiger charge is -2.21. The van der Waals surface area contributed by atoms with Gasteiger partial charge in [0.25, 0.3) is 0 Å². The normalized spacial score (nSPS) is 18.2. The third kappa shape index (κ3) is 2.68. The maximum absolute atomic E-state index is 12.2. The summed E-state index contributed by atoms with van der Waals surface area (Å²) in [5, 5.41) is 3.78. The van der Waals surface area contributed by atoms with Gasteiger partial charge in [-0.25, -0.2) is 0 Å². The maximum atomic E-state index is 12.2. The molecular formula is C14H19ClN2O. The minimum Gasteiger partial charge on any atom is -0.349 e. The van der Waals surface area contributed by atoms with Gasteiger partial charge < -0.3 is 11.1 Å². The predicted octanol–water partition coefficient (Wildman–Crippen LogP) is 2.65. The van der Waals surface area contributed by atoms with Crippen molar-refractivity contribution in [2.45, 2.75) is 32.2 Å². The Balaban J connectivity index is 2.08. The van der Waals surface area contributed by atoms with Gasteiger partial charge in [-0.05, 0) is 37.0 Å². The Hall–Kier alpha value is -1.06. The molecule has 98 valence electrons. The molecule has 0 radical (unpaired) electrons. The van der Waals surface area contributed by atoms with Crippen LogP contribution in [0.25, 0.3) is 0 Å². The van der Waals surface area contributed by atoms with Crippen LogP contribution in [0.4, 0.5) is 0 Å². The van der Waals surface area contributed by atoms with Gasteiger partial charge in [0.05, 0.1) is 11.5 Å². The van der Waals surface area contributed by atoms with E-state index in [0.717, 1.165) is 24.8 Å². The number of amides is 1. The van der Waals surface area contributed by atoms with Crippen LogP contribution in [0.2, 0.25) is 5.02 Å². The molecule has 4 heteroatoms. The highest BCUT2D eigenvalue weighted by Gasteiger charge is 2.48. The summed E-state index contributed by atoms with van der Waals surface area (Å²) in [7, 11) is 0. The SMILES string of the molecule is CCC(NC(=O)C1(CN)CC1)c1cccc(Cl)c1. The second-order valence-corrected chi connectivity index (χ2v) is 5.41. The lowest BCUT2D eigenvalue weighted by atomic mass is 10.0. The van der Waals surface area contributed by atoms with E-state index in [9.17, 15) is 4.79 Å². The summed E-state index contributed by atoms with van der Waals surface area (Å²) >= 11 is 5.98. The van der Waals surface area contributed by atoms with Gasteiger partial charge in [0.2, 0.25) is 5.91 Å². The Kier molecular flexibility index (Phi) is 3.93. The topological polar surface area (TPSA) is 55.1 Å². The molecule has 1 aliphatic carbocycles. The molecule has 1 unspecified atom stereocenters. The van der Waals surface area contributed by atoms with Gasteiger partial charge in [-0.2, -0.15) is 0 Å². The minimum atomic E-state index is -0.300. The fourth-order valence-electron chi connectivity index (χ4n) is 2.13. The van der Waals surface area contributed by atoms with Gasteiger partial charge in [-0.1, -0.05) is 30.7 Å². The first kappa shape index (κ1) is 13.4. The summed E-state index contributed by atoms with van der Waals surface area (Å²) in [6, 6.07) is 7.64. The number of nitrogens with one attached hydrogen (secondary N) is 1. The molecule has 0 aromatic heterocycles. The standard InChI is InChI=1S/C14H19ClN2O/c1-2-12(10-4-3-5-11(15)8-10)17-13(18)14(9-16)6-7-14/h3-5,8,12H,2,6-7,9,16H2,1H3,(H,17,18). The van der Waals surface area contributed by atoms with Gasteiger partial charge in [0.1, 0.15) is 0 Å². The summed E-state index contributed by atoms with van der Waals surface area (Å²) in [4.78, 5) is 12.2. The van der Waals surface area contributed by atoms with Gasteiger partial charge in [-0.3, -0.25) is 4.79 Å². The second kappa shape index (κ2) is 5.29. The predicted molar refractivity (Wildman–Crippen MR) is 73.3 cm³/mol. The fraction of sp³-hybridized carbons (Fsp3) is 0.500. The number of benzene rings is 1. The molecule has 0 heterocycles. The molecule has 3 N–H and O–H groups in total. The van der Waals surface area contributed by atoms with Gasteiger partial charge in [0, 0.05) is 11.6 Å². The van der Waals surface area contributed by atoms with Crippen molar-refractivity contribution in [2.24, 2.45) is 11.1 Å². The molecule has 0 spiro atoms. The van der Waals surface area contributed by atoms with Crippen molar-refractivity contribution in [3.8, 4) is 0 Å². The van der Waals surface area contributed by atoms with E-state index in [0.29, 0.717) is 11.6 Å². The molecule has 3 nitrogen and oxygen atoms in total. The van der Waals surface area contributed by atoms with Crippen molar-refractivity contribution in [2.75, 3.05) is 6.54 Å². The largest absolute Gasteiger partial charge is 0.349 e. The highest BCUT2D eigenvalue weighted by atomic mass is 35.5. The van der Waals surface area contributed by atoms with Crippen LogP contribution in [0.15, 0.2) is 24.3 Å². The summed E-state index contributed by atoms with van der Waals surface area (Å²) in [5.74, 6) is 0.0804. The zero-order chi connectivity index (χ0) is 13.2. The molecule has 18 heavy (non-hydrogen) atoms. The molecule has 1 amide bonds. The van der Waals surface area contributed by atoms with Gasteiger partial charge >= 0.3 is 0 Å². The summed E-state index contributed by atoms with van der Waals surface area (Å²) < 4.78 is 0. The monoisotopic (exact) mass is 266 g/mol. The maximum Gasteiger partial charge on any atom is 0.227 e. The van der Waals surface area contributed by atoms with E-state index in [1.807, 2.05) is 31.2 Å². The lowest BCUT2D eigenvalue weighted by Crippen LogP contribution is -2.38. The number of hydrogen-bond donors (Lipinski definition) is 2. The zero-order valence-electron chi connectivity index (χ0n) is 10.6. The number of rotatable bonds is 5. The highest BCUT2D eigenvalue weighted by Crippen LogP contribution is 2.45. The molecule has 1 fully saturated rings. The average molecular weight is 267 g/mol. The van der Waals surface area contributed by atoms with Gasteiger partial charge in [0.15, 0.2) is 0 Å². The van der Waals surface area contributed by atoms with Crippen LogP contribution >= 0.6 is 11.6 Å². The third-order valence-electron chi connectivity index (χ3n) is 3.69. The molecule has 0 saturated heterocycles. The Labute approximate surface area is 113 Å². The first-order valence-electron chi connectivity index (χ1n) is 6.38. The zero-order valence-corrected chi connectivity index (χ0v) is 11.3. The van der Waals surface area contributed by atoms with Crippen molar-refractivity contribution < 1.29 is 4.79 Å². The number of halogens is 1.